The number of aromatic nitrogens is 4. The minimum atomic E-state index is 0.327. The summed E-state index contributed by atoms with van der Waals surface area (Å²) < 4.78 is 12.7. The van der Waals surface area contributed by atoms with Crippen LogP contribution in [0.2, 0.25) is 10.0 Å². The summed E-state index contributed by atoms with van der Waals surface area (Å²) in [6, 6.07) is 11.0. The zero-order valence-corrected chi connectivity index (χ0v) is 19.1. The predicted octanol–water partition coefficient (Wildman–Crippen LogP) is 5.08. The number of rotatable bonds is 7. The van der Waals surface area contributed by atoms with Crippen LogP contribution in [0.1, 0.15) is 5.56 Å². The number of hydrogen-bond acceptors (Lipinski definition) is 7. The second-order valence-corrected chi connectivity index (χ2v) is 8.46. The van der Waals surface area contributed by atoms with Crippen molar-refractivity contribution in [1.29, 1.82) is 0 Å². The fourth-order valence-electron chi connectivity index (χ4n) is 3.07. The highest BCUT2D eigenvalue weighted by molar-refractivity contribution is 7.99. The van der Waals surface area contributed by atoms with Crippen LogP contribution in [0, 0.1) is 0 Å². The first-order chi connectivity index (χ1) is 15.0. The molecule has 160 valence electrons. The minimum absolute atomic E-state index is 0.327. The van der Waals surface area contributed by atoms with Crippen LogP contribution < -0.4 is 15.2 Å². The Morgan fingerprint density at radius 1 is 1.06 bits per heavy atom. The third-order valence-electron chi connectivity index (χ3n) is 4.68. The van der Waals surface area contributed by atoms with E-state index < -0.39 is 0 Å². The van der Waals surface area contributed by atoms with E-state index in [1.807, 2.05) is 34.9 Å². The molecule has 2 aliphatic rings. The average Bonchev–Trinajstić information content (AvgIpc) is 3.19. The van der Waals surface area contributed by atoms with Gasteiger partial charge in [-0.25, -0.2) is 15.0 Å². The average molecular weight is 476 g/mol. The summed E-state index contributed by atoms with van der Waals surface area (Å²) in [7, 11) is 3.23. The van der Waals surface area contributed by atoms with Crippen molar-refractivity contribution < 1.29 is 9.47 Å². The van der Waals surface area contributed by atoms with Crippen LogP contribution >= 0.6 is 35.0 Å². The minimum Gasteiger partial charge on any atom is -0.497 e. The molecular formula is C21H19Cl2N5O2S. The summed E-state index contributed by atoms with van der Waals surface area (Å²) in [6.07, 6.45) is 2.34. The molecule has 4 rings (SSSR count). The highest BCUT2D eigenvalue weighted by Crippen LogP contribution is 2.38. The number of ether oxygens (including phenoxy) is 2. The number of halogens is 2. The van der Waals surface area contributed by atoms with E-state index >= 15 is 0 Å². The molecule has 0 saturated heterocycles. The molecule has 0 fully saturated rings. The van der Waals surface area contributed by atoms with Gasteiger partial charge in [-0.05, 0) is 54.1 Å². The fourth-order valence-corrected chi connectivity index (χ4v) is 4.47. The number of methoxy groups -OCH3 is 2. The fraction of sp³-hybridized carbons (Fsp3) is 0.190. The first kappa shape index (κ1) is 21.5. The molecule has 0 amide bonds. The summed E-state index contributed by atoms with van der Waals surface area (Å²) >= 11 is 13.7. The van der Waals surface area contributed by atoms with Crippen LogP contribution in [-0.4, -0.2) is 33.7 Å². The van der Waals surface area contributed by atoms with Crippen LogP contribution in [0.3, 0.4) is 0 Å². The Kier molecular flexibility index (Phi) is 6.41. The Balaban J connectivity index is 1.63. The number of benzene rings is 2. The van der Waals surface area contributed by atoms with E-state index in [-0.39, 0.29) is 0 Å². The normalized spacial score (nSPS) is 11.1. The van der Waals surface area contributed by atoms with Crippen molar-refractivity contribution >= 4 is 40.8 Å². The van der Waals surface area contributed by atoms with Gasteiger partial charge in [0.25, 0.3) is 0 Å². The van der Waals surface area contributed by atoms with Crippen molar-refractivity contribution in [1.82, 2.24) is 19.5 Å². The highest BCUT2D eigenvalue weighted by atomic mass is 35.5. The Morgan fingerprint density at radius 3 is 2.65 bits per heavy atom. The molecular weight excluding hydrogens is 457 g/mol. The second kappa shape index (κ2) is 9.21. The van der Waals surface area contributed by atoms with Crippen LogP contribution in [0.25, 0.3) is 11.5 Å². The number of aryl methyl sites for hydroxylation is 2. The van der Waals surface area contributed by atoms with Gasteiger partial charge >= 0.3 is 0 Å². The second-order valence-electron chi connectivity index (χ2n) is 6.61. The SMILES string of the molecule is COc1ccc(OC)c(Sc2nc3c(N)ncn(CCc4ccc(Cl)cc4Cl)c-3n2)c1. The molecule has 0 radical (unpaired) electrons. The number of nitrogens with two attached hydrogens (primary N) is 1. The topological polar surface area (TPSA) is 88.1 Å². The van der Waals surface area contributed by atoms with E-state index in [9.17, 15) is 0 Å². The molecule has 10 heteroatoms. The Morgan fingerprint density at radius 2 is 1.90 bits per heavy atom. The maximum absolute atomic E-state index is 6.30. The van der Waals surface area contributed by atoms with Crippen molar-refractivity contribution in [2.75, 3.05) is 20.0 Å². The van der Waals surface area contributed by atoms with E-state index in [4.69, 9.17) is 43.4 Å². The quantitative estimate of drug-likeness (QED) is 0.398. The summed E-state index contributed by atoms with van der Waals surface area (Å²) in [6.45, 7) is 0.608. The van der Waals surface area contributed by atoms with Crippen LogP contribution in [0.5, 0.6) is 11.5 Å². The molecule has 0 spiro atoms. The smallest absolute Gasteiger partial charge is 0.195 e. The summed E-state index contributed by atoms with van der Waals surface area (Å²) in [5.41, 5.74) is 7.60. The predicted molar refractivity (Wildman–Crippen MR) is 123 cm³/mol. The first-order valence-corrected chi connectivity index (χ1v) is 10.9. The van der Waals surface area contributed by atoms with E-state index in [1.54, 1.807) is 26.6 Å². The molecule has 0 unspecified atom stereocenters. The lowest BCUT2D eigenvalue weighted by Gasteiger charge is -2.12. The van der Waals surface area contributed by atoms with Gasteiger partial charge in [0.15, 0.2) is 22.5 Å². The molecule has 0 bridgehead atoms. The molecule has 0 saturated carbocycles. The molecule has 7 nitrogen and oxygen atoms in total. The van der Waals surface area contributed by atoms with Gasteiger partial charge in [-0.1, -0.05) is 29.3 Å². The van der Waals surface area contributed by atoms with Crippen molar-refractivity contribution in [2.24, 2.45) is 0 Å². The van der Waals surface area contributed by atoms with Gasteiger partial charge in [-0.3, -0.25) is 0 Å². The number of nitrogen functional groups attached to an aromatic ring is 1. The third kappa shape index (κ3) is 4.66. The lowest BCUT2D eigenvalue weighted by molar-refractivity contribution is 0.394. The standard InChI is InChI=1S/C21H19Cl2N5O2S/c1-29-14-5-6-16(30-2)17(10-14)31-21-26-18-19(24)25-11-28(20(18)27-21)8-7-12-3-4-13(22)9-15(12)23/h3-6,9-11H,7-8,24H2,1-2H3. The van der Waals surface area contributed by atoms with Gasteiger partial charge in [-0.2, -0.15) is 0 Å². The monoisotopic (exact) mass is 475 g/mol. The maximum Gasteiger partial charge on any atom is 0.195 e. The number of hydrogen-bond donors (Lipinski definition) is 1. The van der Waals surface area contributed by atoms with Crippen molar-refractivity contribution in [3.05, 3.63) is 58.3 Å². The summed E-state index contributed by atoms with van der Waals surface area (Å²) in [5.74, 6) is 2.40. The molecule has 2 aromatic rings. The van der Waals surface area contributed by atoms with E-state index in [0.717, 1.165) is 16.2 Å². The molecule has 0 aliphatic carbocycles. The zero-order valence-electron chi connectivity index (χ0n) is 16.8. The van der Waals surface area contributed by atoms with Gasteiger partial charge in [0.2, 0.25) is 0 Å². The molecule has 0 aromatic heterocycles. The third-order valence-corrected chi connectivity index (χ3v) is 6.17. The molecule has 0 atom stereocenters. The number of fused-ring (bicyclic) bond motifs is 1. The number of anilines is 1. The first-order valence-electron chi connectivity index (χ1n) is 9.30. The highest BCUT2D eigenvalue weighted by Gasteiger charge is 2.20. The molecule has 2 N–H and O–H groups in total. The van der Waals surface area contributed by atoms with Crippen molar-refractivity contribution in [3.8, 4) is 23.0 Å². The Hall–Kier alpha value is -2.68. The Bertz CT molecular complexity index is 1200. The number of imidazole rings is 1. The van der Waals surface area contributed by atoms with Crippen LogP contribution in [0.4, 0.5) is 5.82 Å². The van der Waals surface area contributed by atoms with E-state index in [1.165, 1.54) is 11.8 Å². The van der Waals surface area contributed by atoms with Crippen molar-refractivity contribution in [2.45, 2.75) is 23.0 Å². The van der Waals surface area contributed by atoms with Crippen LogP contribution in [-0.2, 0) is 13.0 Å². The van der Waals surface area contributed by atoms with Crippen molar-refractivity contribution in [3.63, 3.8) is 0 Å². The molecule has 2 aromatic carbocycles. The zero-order chi connectivity index (χ0) is 22.0. The number of nitrogens with zero attached hydrogens (tertiary/aromatic N) is 4. The maximum atomic E-state index is 6.30. The summed E-state index contributed by atoms with van der Waals surface area (Å²) in [4.78, 5) is 14.4. The van der Waals surface area contributed by atoms with Crippen LogP contribution in [0.15, 0.2) is 52.8 Å². The largest absolute Gasteiger partial charge is 0.497 e. The molecule has 2 heterocycles. The van der Waals surface area contributed by atoms with E-state index in [2.05, 4.69) is 9.97 Å². The van der Waals surface area contributed by atoms with E-state index in [0.29, 0.717) is 51.3 Å². The van der Waals surface area contributed by atoms with Gasteiger partial charge in [-0.15, -0.1) is 0 Å². The molecule has 31 heavy (non-hydrogen) atoms. The lowest BCUT2D eigenvalue weighted by Crippen LogP contribution is -2.10. The lowest BCUT2D eigenvalue weighted by atomic mass is 10.1. The van der Waals surface area contributed by atoms with Gasteiger partial charge < -0.3 is 19.8 Å². The Labute approximate surface area is 193 Å². The van der Waals surface area contributed by atoms with Gasteiger partial charge in [0, 0.05) is 16.6 Å². The van der Waals surface area contributed by atoms with Gasteiger partial charge in [0.05, 0.1) is 25.4 Å². The molecule has 2 aliphatic heterocycles. The van der Waals surface area contributed by atoms with Gasteiger partial charge in [0.1, 0.15) is 11.5 Å². The summed E-state index contributed by atoms with van der Waals surface area (Å²) in [5, 5.41) is 1.77.